The van der Waals surface area contributed by atoms with E-state index in [-0.39, 0.29) is 0 Å². The van der Waals surface area contributed by atoms with E-state index < -0.39 is 0 Å². The van der Waals surface area contributed by atoms with Gasteiger partial charge in [-0.05, 0) is 63.2 Å². The Hall–Kier alpha value is 1.05. The second kappa shape index (κ2) is 6.04. The minimum Gasteiger partial charge on any atom is -0.156 e. The van der Waals surface area contributed by atoms with Crippen molar-refractivity contribution in [3.63, 3.8) is 0 Å². The van der Waals surface area contributed by atoms with Gasteiger partial charge in [0, 0.05) is 32.5 Å². The molecular weight excluding hydrogens is 288 g/mol. The Morgan fingerprint density at radius 1 is 0.579 bits per heavy atom. The Bertz CT molecular complexity index is 265. The normalized spacial score (nSPS) is 49.9. The molecule has 108 valence electrons. The summed E-state index contributed by atoms with van der Waals surface area (Å²) in [6.07, 6.45) is 12.3. The van der Waals surface area contributed by atoms with Crippen LogP contribution in [0.1, 0.15) is 51.4 Å². The fourth-order valence-electron chi connectivity index (χ4n) is 4.12. The first-order valence-corrected chi connectivity index (χ1v) is 11.3. The predicted octanol–water partition coefficient (Wildman–Crippen LogP) is 5.07. The molecule has 0 bridgehead atoms. The molecule has 19 heavy (non-hydrogen) atoms. The second-order valence-electron chi connectivity index (χ2n) is 6.95. The van der Waals surface area contributed by atoms with Crippen molar-refractivity contribution >= 4 is 35.3 Å². The molecule has 0 aromatic rings. The molecule has 0 amide bonds. The Morgan fingerprint density at radius 2 is 0.947 bits per heavy atom. The average molecular weight is 315 g/mol. The topological polar surface area (TPSA) is 0 Å². The van der Waals surface area contributed by atoms with Gasteiger partial charge in [-0.25, -0.2) is 0 Å². The molecule has 2 atom stereocenters. The Morgan fingerprint density at radius 3 is 1.26 bits per heavy atom. The minimum absolute atomic E-state index is 1.02. The van der Waals surface area contributed by atoms with Crippen LogP contribution in [-0.2, 0) is 0 Å². The third kappa shape index (κ3) is 3.63. The van der Waals surface area contributed by atoms with Gasteiger partial charge in [-0.2, -0.15) is 35.3 Å². The van der Waals surface area contributed by atoms with Gasteiger partial charge in [-0.3, -0.25) is 0 Å². The third-order valence-corrected chi connectivity index (χ3v) is 9.51. The smallest absolute Gasteiger partial charge is 0.0166 e. The van der Waals surface area contributed by atoms with Crippen LogP contribution in [0.3, 0.4) is 0 Å². The molecule has 0 radical (unpaired) electrons. The molecule has 0 N–H and O–H groups in total. The first-order valence-electron chi connectivity index (χ1n) is 8.27. The summed E-state index contributed by atoms with van der Waals surface area (Å²) >= 11 is 6.82. The summed E-state index contributed by atoms with van der Waals surface area (Å²) < 4.78 is 0. The summed E-state index contributed by atoms with van der Waals surface area (Å²) in [7, 11) is 0. The predicted molar refractivity (Wildman–Crippen MR) is 91.6 cm³/mol. The van der Waals surface area contributed by atoms with Gasteiger partial charge in [0.25, 0.3) is 0 Å². The zero-order valence-electron chi connectivity index (χ0n) is 11.8. The van der Waals surface area contributed by atoms with Crippen LogP contribution in [0.5, 0.6) is 0 Å². The standard InChI is InChI=1S/C16H26S3/c1-5-13(6-2-11(1)15-9-17-15)19-14-7-3-12(4-8-14)16-10-18-16/h11-16H,1-10H2. The maximum atomic E-state index is 2.40. The van der Waals surface area contributed by atoms with Crippen LogP contribution in [0.4, 0.5) is 0 Å². The van der Waals surface area contributed by atoms with Gasteiger partial charge in [0.05, 0.1) is 0 Å². The fourth-order valence-corrected chi connectivity index (χ4v) is 7.61. The third-order valence-electron chi connectivity index (χ3n) is 5.59. The van der Waals surface area contributed by atoms with Crippen LogP contribution in [0.25, 0.3) is 0 Å². The van der Waals surface area contributed by atoms with Crippen molar-refractivity contribution in [1.29, 1.82) is 0 Å². The van der Waals surface area contributed by atoms with E-state index in [1.54, 1.807) is 25.7 Å². The van der Waals surface area contributed by atoms with E-state index in [9.17, 15) is 0 Å². The Kier molecular flexibility index (Phi) is 4.36. The van der Waals surface area contributed by atoms with E-state index in [1.165, 1.54) is 37.2 Å². The zero-order chi connectivity index (χ0) is 12.7. The average Bonchev–Trinajstić information content (AvgIpc) is 3.31. The number of rotatable bonds is 4. The summed E-state index contributed by atoms with van der Waals surface area (Å²) in [4.78, 5) is 0. The molecule has 4 aliphatic rings. The molecule has 0 aromatic heterocycles. The maximum Gasteiger partial charge on any atom is 0.0166 e. The molecule has 2 aliphatic heterocycles. The van der Waals surface area contributed by atoms with Crippen molar-refractivity contribution in [1.82, 2.24) is 0 Å². The van der Waals surface area contributed by atoms with Crippen LogP contribution in [0.2, 0.25) is 0 Å². The van der Waals surface area contributed by atoms with E-state index in [1.807, 2.05) is 0 Å². The van der Waals surface area contributed by atoms with Crippen molar-refractivity contribution in [3.05, 3.63) is 0 Å². The summed E-state index contributed by atoms with van der Waals surface area (Å²) in [6.45, 7) is 0. The lowest BCUT2D eigenvalue weighted by Gasteiger charge is -2.33. The summed E-state index contributed by atoms with van der Waals surface area (Å²) in [5.74, 6) is 5.16. The van der Waals surface area contributed by atoms with Crippen molar-refractivity contribution in [2.24, 2.45) is 11.8 Å². The molecule has 2 aliphatic carbocycles. The highest BCUT2D eigenvalue weighted by molar-refractivity contribution is 8.07. The van der Waals surface area contributed by atoms with Gasteiger partial charge in [0.1, 0.15) is 0 Å². The van der Waals surface area contributed by atoms with Crippen molar-refractivity contribution in [2.45, 2.75) is 72.4 Å². The zero-order valence-corrected chi connectivity index (χ0v) is 14.2. The van der Waals surface area contributed by atoms with Crippen molar-refractivity contribution in [3.8, 4) is 0 Å². The molecule has 2 saturated heterocycles. The van der Waals surface area contributed by atoms with E-state index in [2.05, 4.69) is 35.3 Å². The van der Waals surface area contributed by atoms with Gasteiger partial charge in [0.15, 0.2) is 0 Å². The van der Waals surface area contributed by atoms with Gasteiger partial charge < -0.3 is 0 Å². The van der Waals surface area contributed by atoms with Crippen LogP contribution >= 0.6 is 35.3 Å². The molecule has 0 nitrogen and oxygen atoms in total. The maximum absolute atomic E-state index is 2.40. The Labute approximate surface area is 131 Å². The van der Waals surface area contributed by atoms with E-state index >= 15 is 0 Å². The summed E-state index contributed by atoms with van der Waals surface area (Å²) in [6, 6.07) is 0. The second-order valence-corrected chi connectivity index (χ2v) is 11.1. The van der Waals surface area contributed by atoms with E-state index in [0.29, 0.717) is 0 Å². The molecule has 2 unspecified atom stereocenters. The van der Waals surface area contributed by atoms with Gasteiger partial charge in [-0.1, -0.05) is 0 Å². The monoisotopic (exact) mass is 314 g/mol. The van der Waals surface area contributed by atoms with Crippen LogP contribution < -0.4 is 0 Å². The highest BCUT2D eigenvalue weighted by Crippen LogP contribution is 2.48. The lowest BCUT2D eigenvalue weighted by Crippen LogP contribution is -2.24. The molecular formula is C16H26S3. The molecule has 4 rings (SSSR count). The fraction of sp³-hybridized carbons (Fsp3) is 1.00. The van der Waals surface area contributed by atoms with Crippen molar-refractivity contribution < 1.29 is 0 Å². The van der Waals surface area contributed by atoms with Crippen LogP contribution in [0, 0.1) is 11.8 Å². The summed E-state index contributed by atoms with van der Waals surface area (Å²) in [5.41, 5.74) is 0. The van der Waals surface area contributed by atoms with E-state index in [0.717, 1.165) is 32.8 Å². The first kappa shape index (κ1) is 13.7. The largest absolute Gasteiger partial charge is 0.156 e. The first-order chi connectivity index (χ1) is 9.38. The lowest BCUT2D eigenvalue weighted by atomic mass is 9.87. The van der Waals surface area contributed by atoms with Gasteiger partial charge in [-0.15, -0.1) is 0 Å². The van der Waals surface area contributed by atoms with Gasteiger partial charge in [0.2, 0.25) is 0 Å². The van der Waals surface area contributed by atoms with Crippen molar-refractivity contribution in [2.75, 3.05) is 11.5 Å². The Balaban J connectivity index is 1.18. The minimum atomic E-state index is 1.02. The molecule has 2 saturated carbocycles. The number of hydrogen-bond donors (Lipinski definition) is 0. The van der Waals surface area contributed by atoms with E-state index in [4.69, 9.17) is 0 Å². The quantitative estimate of drug-likeness (QED) is 0.665. The molecule has 0 aromatic carbocycles. The summed E-state index contributed by atoms with van der Waals surface area (Å²) in [5, 5.41) is 4.21. The number of thioether (sulfide) groups is 3. The molecule has 4 fully saturated rings. The molecule has 0 spiro atoms. The molecule has 2 heterocycles. The van der Waals surface area contributed by atoms with Crippen LogP contribution in [0.15, 0.2) is 0 Å². The lowest BCUT2D eigenvalue weighted by molar-refractivity contribution is 0.364. The highest BCUT2D eigenvalue weighted by Gasteiger charge is 2.37. The number of hydrogen-bond acceptors (Lipinski definition) is 3. The van der Waals surface area contributed by atoms with Gasteiger partial charge >= 0.3 is 0 Å². The SMILES string of the molecule is C1CC(C2CS2)CCC1SC1CCC(C2CS2)CC1. The molecule has 3 heteroatoms. The highest BCUT2D eigenvalue weighted by atomic mass is 32.2. The van der Waals surface area contributed by atoms with Crippen LogP contribution in [-0.4, -0.2) is 32.5 Å².